The molecule has 0 saturated heterocycles. The average molecular weight is 243 g/mol. The standard InChI is InChI=1S/C11H8F3NO2/c1-17-10-5-7(2-3-15)9(11(12,13)14)4-8(10)6-16/h4-6H,2H2,1H3. The maximum atomic E-state index is 12.7. The van der Waals surface area contributed by atoms with Crippen molar-refractivity contribution in [3.8, 4) is 11.8 Å². The van der Waals surface area contributed by atoms with E-state index in [1.807, 2.05) is 0 Å². The third-order valence-electron chi connectivity index (χ3n) is 2.16. The van der Waals surface area contributed by atoms with E-state index in [0.717, 1.165) is 6.07 Å². The number of rotatable bonds is 3. The van der Waals surface area contributed by atoms with Crippen LogP contribution in [0.15, 0.2) is 12.1 Å². The Balaban J connectivity index is 3.46. The highest BCUT2D eigenvalue weighted by Gasteiger charge is 2.34. The van der Waals surface area contributed by atoms with Gasteiger partial charge < -0.3 is 4.74 Å². The van der Waals surface area contributed by atoms with Crippen LogP contribution in [0.2, 0.25) is 0 Å². The van der Waals surface area contributed by atoms with Gasteiger partial charge in [-0.25, -0.2) is 0 Å². The molecule has 0 aromatic heterocycles. The summed E-state index contributed by atoms with van der Waals surface area (Å²) >= 11 is 0. The van der Waals surface area contributed by atoms with Crippen molar-refractivity contribution in [3.05, 3.63) is 28.8 Å². The highest BCUT2D eigenvalue weighted by molar-refractivity contribution is 5.80. The second-order valence-corrected chi connectivity index (χ2v) is 3.20. The number of hydrogen-bond donors (Lipinski definition) is 0. The number of nitriles is 1. The van der Waals surface area contributed by atoms with Crippen molar-refractivity contribution in [2.45, 2.75) is 12.6 Å². The van der Waals surface area contributed by atoms with Crippen LogP contribution >= 0.6 is 0 Å². The fourth-order valence-electron chi connectivity index (χ4n) is 1.40. The van der Waals surface area contributed by atoms with Crippen LogP contribution in [-0.2, 0) is 12.6 Å². The molecule has 0 atom stereocenters. The van der Waals surface area contributed by atoms with Crippen molar-refractivity contribution >= 4 is 6.29 Å². The van der Waals surface area contributed by atoms with E-state index in [1.54, 1.807) is 6.07 Å². The molecule has 0 unspecified atom stereocenters. The largest absolute Gasteiger partial charge is 0.496 e. The lowest BCUT2D eigenvalue weighted by molar-refractivity contribution is -0.138. The summed E-state index contributed by atoms with van der Waals surface area (Å²) in [7, 11) is 1.24. The fraction of sp³-hybridized carbons (Fsp3) is 0.273. The summed E-state index contributed by atoms with van der Waals surface area (Å²) in [5, 5.41) is 8.47. The summed E-state index contributed by atoms with van der Waals surface area (Å²) in [5.41, 5.74) is -1.38. The average Bonchev–Trinajstić information content (AvgIpc) is 2.27. The molecule has 0 amide bonds. The van der Waals surface area contributed by atoms with E-state index in [1.165, 1.54) is 7.11 Å². The van der Waals surface area contributed by atoms with Gasteiger partial charge >= 0.3 is 6.18 Å². The van der Waals surface area contributed by atoms with Crippen molar-refractivity contribution in [2.75, 3.05) is 7.11 Å². The zero-order chi connectivity index (χ0) is 13.1. The van der Waals surface area contributed by atoms with Gasteiger partial charge in [0.1, 0.15) is 5.75 Å². The van der Waals surface area contributed by atoms with Crippen LogP contribution in [0.3, 0.4) is 0 Å². The number of hydrogen-bond acceptors (Lipinski definition) is 3. The number of halogens is 3. The van der Waals surface area contributed by atoms with Crippen molar-refractivity contribution in [1.82, 2.24) is 0 Å². The number of nitrogens with zero attached hydrogens (tertiary/aromatic N) is 1. The number of methoxy groups -OCH3 is 1. The highest BCUT2D eigenvalue weighted by Crippen LogP contribution is 2.35. The molecule has 0 N–H and O–H groups in total. The van der Waals surface area contributed by atoms with Gasteiger partial charge in [0, 0.05) is 0 Å². The van der Waals surface area contributed by atoms with E-state index in [4.69, 9.17) is 10.00 Å². The van der Waals surface area contributed by atoms with Crippen LogP contribution in [0.1, 0.15) is 21.5 Å². The Labute approximate surface area is 95.4 Å². The summed E-state index contributed by atoms with van der Waals surface area (Å²) in [5.74, 6) is 0.0262. The zero-order valence-electron chi connectivity index (χ0n) is 8.84. The maximum absolute atomic E-state index is 12.7. The van der Waals surface area contributed by atoms with Crippen LogP contribution in [0.4, 0.5) is 13.2 Å². The van der Waals surface area contributed by atoms with E-state index in [2.05, 4.69) is 0 Å². The van der Waals surface area contributed by atoms with Crippen molar-refractivity contribution in [2.24, 2.45) is 0 Å². The minimum absolute atomic E-state index is 0.0262. The predicted molar refractivity (Wildman–Crippen MR) is 52.7 cm³/mol. The molecule has 0 aliphatic heterocycles. The molecule has 1 aromatic carbocycles. The van der Waals surface area contributed by atoms with Crippen molar-refractivity contribution in [1.29, 1.82) is 5.26 Å². The molecule has 0 aliphatic carbocycles. The van der Waals surface area contributed by atoms with Crippen molar-refractivity contribution < 1.29 is 22.7 Å². The number of carbonyl (C=O) groups excluding carboxylic acids is 1. The molecule has 0 saturated carbocycles. The van der Waals surface area contributed by atoms with Gasteiger partial charge in [0.2, 0.25) is 0 Å². The molecule has 0 bridgehead atoms. The van der Waals surface area contributed by atoms with Crippen LogP contribution in [0.5, 0.6) is 5.75 Å². The highest BCUT2D eigenvalue weighted by atomic mass is 19.4. The normalized spacial score (nSPS) is 10.8. The number of carbonyl (C=O) groups is 1. The topological polar surface area (TPSA) is 50.1 Å². The number of benzene rings is 1. The first-order valence-electron chi connectivity index (χ1n) is 4.54. The fourth-order valence-corrected chi connectivity index (χ4v) is 1.40. The van der Waals surface area contributed by atoms with E-state index >= 15 is 0 Å². The molecule has 17 heavy (non-hydrogen) atoms. The summed E-state index contributed by atoms with van der Waals surface area (Å²) in [6.07, 6.45) is -4.72. The lowest BCUT2D eigenvalue weighted by atomic mass is 10.0. The molecular weight excluding hydrogens is 235 g/mol. The van der Waals surface area contributed by atoms with Gasteiger partial charge in [0.05, 0.1) is 30.7 Å². The Kier molecular flexibility index (Phi) is 3.73. The quantitative estimate of drug-likeness (QED) is 0.766. The monoisotopic (exact) mass is 243 g/mol. The number of aldehydes is 1. The van der Waals surface area contributed by atoms with Gasteiger partial charge in [-0.05, 0) is 17.7 Å². The molecule has 0 heterocycles. The first-order valence-corrected chi connectivity index (χ1v) is 4.54. The smallest absolute Gasteiger partial charge is 0.416 e. The van der Waals surface area contributed by atoms with E-state index < -0.39 is 18.2 Å². The molecule has 3 nitrogen and oxygen atoms in total. The first-order chi connectivity index (χ1) is 7.93. The van der Waals surface area contributed by atoms with Gasteiger partial charge in [-0.1, -0.05) is 0 Å². The molecule has 0 fully saturated rings. The van der Waals surface area contributed by atoms with Gasteiger partial charge in [0.15, 0.2) is 6.29 Å². The van der Waals surface area contributed by atoms with Gasteiger partial charge in [0.25, 0.3) is 0 Å². The first kappa shape index (κ1) is 13.0. The Morgan fingerprint density at radius 2 is 2.12 bits per heavy atom. The van der Waals surface area contributed by atoms with Gasteiger partial charge in [-0.3, -0.25) is 4.79 Å². The molecule has 0 aliphatic rings. The van der Waals surface area contributed by atoms with Crippen LogP contribution in [0, 0.1) is 11.3 Å². The van der Waals surface area contributed by atoms with Crippen LogP contribution < -0.4 is 4.74 Å². The molecule has 0 spiro atoms. The molecule has 6 heteroatoms. The predicted octanol–water partition coefficient (Wildman–Crippen LogP) is 2.59. The second kappa shape index (κ2) is 4.87. The molecule has 1 rings (SSSR count). The lowest BCUT2D eigenvalue weighted by Gasteiger charge is -2.14. The second-order valence-electron chi connectivity index (χ2n) is 3.20. The van der Waals surface area contributed by atoms with Gasteiger partial charge in [-0.15, -0.1) is 0 Å². The summed E-state index contributed by atoms with van der Waals surface area (Å²) in [6, 6.07) is 3.40. The Hall–Kier alpha value is -2.03. The Bertz CT molecular complexity index is 475. The van der Waals surface area contributed by atoms with Gasteiger partial charge in [-0.2, -0.15) is 18.4 Å². The van der Waals surface area contributed by atoms with E-state index in [9.17, 15) is 18.0 Å². The number of ether oxygens (including phenoxy) is 1. The van der Waals surface area contributed by atoms with Crippen LogP contribution in [0.25, 0.3) is 0 Å². The number of alkyl halides is 3. The van der Waals surface area contributed by atoms with E-state index in [-0.39, 0.29) is 23.2 Å². The third-order valence-corrected chi connectivity index (χ3v) is 2.16. The lowest BCUT2D eigenvalue weighted by Crippen LogP contribution is -2.10. The zero-order valence-corrected chi connectivity index (χ0v) is 8.84. The van der Waals surface area contributed by atoms with Crippen molar-refractivity contribution in [3.63, 3.8) is 0 Å². The minimum Gasteiger partial charge on any atom is -0.496 e. The molecule has 90 valence electrons. The van der Waals surface area contributed by atoms with E-state index in [0.29, 0.717) is 6.07 Å². The Morgan fingerprint density at radius 1 is 1.47 bits per heavy atom. The third kappa shape index (κ3) is 2.75. The summed E-state index contributed by atoms with van der Waals surface area (Å²) < 4.78 is 42.8. The molecule has 1 aromatic rings. The maximum Gasteiger partial charge on any atom is 0.416 e. The minimum atomic E-state index is -4.60. The SMILES string of the molecule is COc1cc(CC#N)c(C(F)(F)F)cc1C=O. The Morgan fingerprint density at radius 3 is 2.53 bits per heavy atom. The van der Waals surface area contributed by atoms with Crippen LogP contribution in [-0.4, -0.2) is 13.4 Å². The molecule has 0 radical (unpaired) electrons. The summed E-state index contributed by atoms with van der Waals surface area (Å²) in [6.45, 7) is 0. The molecular formula is C11H8F3NO2. The summed E-state index contributed by atoms with van der Waals surface area (Å²) in [4.78, 5) is 10.6.